The average Bonchev–Trinajstić information content (AvgIpc) is 2.72. The summed E-state index contributed by atoms with van der Waals surface area (Å²) in [6.07, 6.45) is 4.68. The summed E-state index contributed by atoms with van der Waals surface area (Å²) in [6, 6.07) is 0.505. The van der Waals surface area contributed by atoms with Crippen molar-refractivity contribution in [2.75, 3.05) is 11.1 Å². The predicted molar refractivity (Wildman–Crippen MR) is 72.0 cm³/mol. The number of rotatable bonds is 3. The molecular weight excluding hydrogens is 212 g/mol. The number of nitrogens with one attached hydrogen (secondary N) is 1. The molecule has 0 saturated heterocycles. The van der Waals surface area contributed by atoms with Crippen molar-refractivity contribution in [1.29, 1.82) is 0 Å². The summed E-state index contributed by atoms with van der Waals surface area (Å²) in [5, 5.41) is 8.05. The number of aromatic nitrogens is 2. The van der Waals surface area contributed by atoms with Crippen molar-refractivity contribution in [2.24, 2.45) is 12.5 Å². The minimum Gasteiger partial charge on any atom is -0.394 e. The Balaban J connectivity index is 2.21. The van der Waals surface area contributed by atoms with Gasteiger partial charge in [0.2, 0.25) is 0 Å². The average molecular weight is 236 g/mol. The maximum absolute atomic E-state index is 6.14. The quantitative estimate of drug-likeness (QED) is 0.848. The van der Waals surface area contributed by atoms with Gasteiger partial charge in [0.25, 0.3) is 0 Å². The molecule has 0 amide bonds. The molecule has 1 aromatic rings. The standard InChI is InChI=1S/C13H24N4/c1-5-9-11(14)12(17(4)16-9)15-10-7-6-8-13(10,2)3/h10,15H,5-8,14H2,1-4H3. The van der Waals surface area contributed by atoms with E-state index in [9.17, 15) is 0 Å². The molecule has 4 heteroatoms. The fourth-order valence-electron chi connectivity index (χ4n) is 2.79. The van der Waals surface area contributed by atoms with Gasteiger partial charge in [0, 0.05) is 13.1 Å². The molecule has 3 N–H and O–H groups in total. The maximum Gasteiger partial charge on any atom is 0.148 e. The first-order valence-corrected chi connectivity index (χ1v) is 6.53. The van der Waals surface area contributed by atoms with Gasteiger partial charge in [-0.1, -0.05) is 27.2 Å². The summed E-state index contributed by atoms with van der Waals surface area (Å²) >= 11 is 0. The normalized spacial score (nSPS) is 22.9. The van der Waals surface area contributed by atoms with Crippen molar-refractivity contribution in [1.82, 2.24) is 9.78 Å². The van der Waals surface area contributed by atoms with E-state index in [-0.39, 0.29) is 0 Å². The Morgan fingerprint density at radius 2 is 2.24 bits per heavy atom. The van der Waals surface area contributed by atoms with Crippen LogP contribution in [0.5, 0.6) is 0 Å². The van der Waals surface area contributed by atoms with Gasteiger partial charge in [-0.05, 0) is 24.7 Å². The molecule has 4 nitrogen and oxygen atoms in total. The van der Waals surface area contributed by atoms with Crippen LogP contribution in [0.15, 0.2) is 0 Å². The Bertz CT molecular complexity index is 406. The Hall–Kier alpha value is -1.19. The van der Waals surface area contributed by atoms with Gasteiger partial charge in [-0.2, -0.15) is 5.10 Å². The fraction of sp³-hybridized carbons (Fsp3) is 0.769. The summed E-state index contributed by atoms with van der Waals surface area (Å²) in [5.74, 6) is 0.988. The number of anilines is 2. The lowest BCUT2D eigenvalue weighted by atomic mass is 9.87. The van der Waals surface area contributed by atoms with Gasteiger partial charge < -0.3 is 11.1 Å². The summed E-state index contributed by atoms with van der Waals surface area (Å²) < 4.78 is 1.88. The number of nitrogens with two attached hydrogens (primary N) is 1. The molecular formula is C13H24N4. The van der Waals surface area contributed by atoms with E-state index in [1.54, 1.807) is 0 Å². The van der Waals surface area contributed by atoms with E-state index in [0.29, 0.717) is 11.5 Å². The second-order valence-electron chi connectivity index (χ2n) is 5.76. The lowest BCUT2D eigenvalue weighted by Crippen LogP contribution is -2.31. The number of nitrogen functional groups attached to an aromatic ring is 1. The second kappa shape index (κ2) is 4.24. The monoisotopic (exact) mass is 236 g/mol. The van der Waals surface area contributed by atoms with Gasteiger partial charge >= 0.3 is 0 Å². The van der Waals surface area contributed by atoms with Crippen LogP contribution in [0.1, 0.15) is 45.7 Å². The maximum atomic E-state index is 6.14. The zero-order valence-corrected chi connectivity index (χ0v) is 11.4. The lowest BCUT2D eigenvalue weighted by molar-refractivity contribution is 0.348. The number of hydrogen-bond acceptors (Lipinski definition) is 3. The van der Waals surface area contributed by atoms with Crippen LogP contribution < -0.4 is 11.1 Å². The lowest BCUT2D eigenvalue weighted by Gasteiger charge is -2.28. The van der Waals surface area contributed by atoms with Crippen LogP contribution in [-0.2, 0) is 13.5 Å². The van der Waals surface area contributed by atoms with Crippen LogP contribution in [0, 0.1) is 5.41 Å². The third kappa shape index (κ3) is 2.13. The van der Waals surface area contributed by atoms with Crippen molar-refractivity contribution < 1.29 is 0 Å². The molecule has 1 heterocycles. The minimum atomic E-state index is 0.350. The molecule has 0 spiro atoms. The fourth-order valence-corrected chi connectivity index (χ4v) is 2.79. The Labute approximate surface area is 104 Å². The van der Waals surface area contributed by atoms with E-state index in [1.165, 1.54) is 19.3 Å². The van der Waals surface area contributed by atoms with Gasteiger partial charge in [-0.15, -0.1) is 0 Å². The van der Waals surface area contributed by atoms with E-state index in [0.717, 1.165) is 23.6 Å². The first kappa shape index (κ1) is 12.3. The third-order valence-corrected chi connectivity index (χ3v) is 4.06. The third-order valence-electron chi connectivity index (χ3n) is 4.06. The SMILES string of the molecule is CCc1nn(C)c(NC2CCCC2(C)C)c1N. The highest BCUT2D eigenvalue weighted by Crippen LogP contribution is 2.39. The molecule has 0 aromatic carbocycles. The van der Waals surface area contributed by atoms with E-state index in [2.05, 4.69) is 31.2 Å². The molecule has 17 heavy (non-hydrogen) atoms. The number of hydrogen-bond donors (Lipinski definition) is 2. The Morgan fingerprint density at radius 3 is 2.71 bits per heavy atom. The first-order valence-electron chi connectivity index (χ1n) is 6.53. The molecule has 96 valence electrons. The zero-order chi connectivity index (χ0) is 12.6. The van der Waals surface area contributed by atoms with Gasteiger partial charge in [0.05, 0.1) is 11.4 Å². The van der Waals surface area contributed by atoms with Crippen LogP contribution in [0.4, 0.5) is 11.5 Å². The topological polar surface area (TPSA) is 55.9 Å². The minimum absolute atomic E-state index is 0.350. The molecule has 2 rings (SSSR count). The molecule has 0 aliphatic heterocycles. The predicted octanol–water partition coefficient (Wildman–Crippen LogP) is 2.56. The van der Waals surface area contributed by atoms with Crippen LogP contribution >= 0.6 is 0 Å². The van der Waals surface area contributed by atoms with Crippen LogP contribution in [0.25, 0.3) is 0 Å². The van der Waals surface area contributed by atoms with Gasteiger partial charge in [0.1, 0.15) is 5.82 Å². The van der Waals surface area contributed by atoms with Crippen molar-refractivity contribution in [3.05, 3.63) is 5.69 Å². The molecule has 0 radical (unpaired) electrons. The molecule has 0 bridgehead atoms. The highest BCUT2D eigenvalue weighted by molar-refractivity contribution is 5.65. The molecule has 1 saturated carbocycles. The first-order chi connectivity index (χ1) is 7.95. The van der Waals surface area contributed by atoms with Gasteiger partial charge in [-0.3, -0.25) is 4.68 Å². The highest BCUT2D eigenvalue weighted by Gasteiger charge is 2.35. The van der Waals surface area contributed by atoms with Gasteiger partial charge in [0.15, 0.2) is 0 Å². The second-order valence-corrected chi connectivity index (χ2v) is 5.76. The van der Waals surface area contributed by atoms with Crippen molar-refractivity contribution in [3.63, 3.8) is 0 Å². The Morgan fingerprint density at radius 1 is 1.53 bits per heavy atom. The van der Waals surface area contributed by atoms with Crippen LogP contribution in [-0.4, -0.2) is 15.8 Å². The zero-order valence-electron chi connectivity index (χ0n) is 11.4. The van der Waals surface area contributed by atoms with E-state index in [1.807, 2.05) is 11.7 Å². The molecule has 1 aliphatic carbocycles. The largest absolute Gasteiger partial charge is 0.394 e. The van der Waals surface area contributed by atoms with Crippen LogP contribution in [0.3, 0.4) is 0 Å². The smallest absolute Gasteiger partial charge is 0.148 e. The van der Waals surface area contributed by atoms with Crippen molar-refractivity contribution in [3.8, 4) is 0 Å². The van der Waals surface area contributed by atoms with E-state index >= 15 is 0 Å². The van der Waals surface area contributed by atoms with Crippen molar-refractivity contribution >= 4 is 11.5 Å². The van der Waals surface area contributed by atoms with Gasteiger partial charge in [-0.25, -0.2) is 0 Å². The molecule has 1 aromatic heterocycles. The summed E-state index contributed by atoms with van der Waals surface area (Å²) in [7, 11) is 1.96. The Kier molecular flexibility index (Phi) is 3.06. The van der Waals surface area contributed by atoms with Crippen LogP contribution in [0.2, 0.25) is 0 Å². The molecule has 1 fully saturated rings. The summed E-state index contributed by atoms with van der Waals surface area (Å²) in [4.78, 5) is 0. The molecule has 1 unspecified atom stereocenters. The number of nitrogens with zero attached hydrogens (tertiary/aromatic N) is 2. The summed E-state index contributed by atoms with van der Waals surface area (Å²) in [6.45, 7) is 6.73. The highest BCUT2D eigenvalue weighted by atomic mass is 15.3. The molecule has 1 aliphatic rings. The van der Waals surface area contributed by atoms with E-state index in [4.69, 9.17) is 5.73 Å². The van der Waals surface area contributed by atoms with Crippen molar-refractivity contribution in [2.45, 2.75) is 52.5 Å². The number of aryl methyl sites for hydroxylation is 2. The molecule has 1 atom stereocenters. The summed E-state index contributed by atoms with van der Waals surface area (Å²) in [5.41, 5.74) is 8.29. The van der Waals surface area contributed by atoms with E-state index < -0.39 is 0 Å².